The second kappa shape index (κ2) is 5.60. The Balaban J connectivity index is 2.51. The quantitative estimate of drug-likeness (QED) is 0.297. The number of rotatable bonds is 3. The van der Waals surface area contributed by atoms with Crippen molar-refractivity contribution in [1.29, 1.82) is 0 Å². The topological polar surface area (TPSA) is 98.7 Å². The van der Waals surface area contributed by atoms with Crippen LogP contribution < -0.4 is 10.6 Å². The van der Waals surface area contributed by atoms with Gasteiger partial charge < -0.3 is 15.4 Å². The van der Waals surface area contributed by atoms with Crippen molar-refractivity contribution < 1.29 is 14.5 Å². The molecule has 0 unspecified atom stereocenters. The van der Waals surface area contributed by atoms with Crippen LogP contribution in [0.4, 0.5) is 17.1 Å². The van der Waals surface area contributed by atoms with Crippen molar-refractivity contribution in [2.45, 2.75) is 6.42 Å². The number of carbonyl (C=O) groups is 1. The summed E-state index contributed by atoms with van der Waals surface area (Å²) in [7, 11) is 1.18. The fraction of sp³-hybridized carbons (Fsp3) is 0.308. The normalized spacial score (nSPS) is 14.2. The third kappa shape index (κ3) is 2.56. The highest BCUT2D eigenvalue weighted by Gasteiger charge is 2.26. The van der Waals surface area contributed by atoms with Crippen molar-refractivity contribution in [2.75, 3.05) is 30.8 Å². The molecular weight excluding hydrogens is 262 g/mol. The summed E-state index contributed by atoms with van der Waals surface area (Å²) >= 11 is 0. The molecule has 1 aromatic carbocycles. The number of nitrogens with zero attached hydrogens (tertiary/aromatic N) is 2. The SMILES string of the molecule is COC(=O)c1cc(N2CC=CCC2)cc(N)c1[N+](=O)[O-]. The predicted molar refractivity (Wildman–Crippen MR) is 74.8 cm³/mol. The summed E-state index contributed by atoms with van der Waals surface area (Å²) in [5, 5.41) is 11.0. The summed E-state index contributed by atoms with van der Waals surface area (Å²) < 4.78 is 4.59. The molecule has 0 amide bonds. The second-order valence-electron chi connectivity index (χ2n) is 4.39. The molecule has 1 aromatic rings. The molecule has 0 aliphatic carbocycles. The molecule has 0 aromatic heterocycles. The zero-order chi connectivity index (χ0) is 14.7. The third-order valence-corrected chi connectivity index (χ3v) is 3.14. The van der Waals surface area contributed by atoms with E-state index in [1.165, 1.54) is 19.2 Å². The number of anilines is 2. The predicted octanol–water partition coefficient (Wildman–Crippen LogP) is 1.73. The molecule has 7 nitrogen and oxygen atoms in total. The fourth-order valence-electron chi connectivity index (χ4n) is 2.17. The van der Waals surface area contributed by atoms with Gasteiger partial charge in [0.25, 0.3) is 0 Å². The van der Waals surface area contributed by atoms with E-state index in [9.17, 15) is 14.9 Å². The van der Waals surface area contributed by atoms with Gasteiger partial charge in [0.15, 0.2) is 0 Å². The van der Waals surface area contributed by atoms with Crippen molar-refractivity contribution in [1.82, 2.24) is 0 Å². The van der Waals surface area contributed by atoms with Crippen molar-refractivity contribution in [3.8, 4) is 0 Å². The van der Waals surface area contributed by atoms with Crippen LogP contribution in [0.3, 0.4) is 0 Å². The van der Waals surface area contributed by atoms with Crippen LogP contribution in [0.1, 0.15) is 16.8 Å². The summed E-state index contributed by atoms with van der Waals surface area (Å²) in [5.74, 6) is -0.766. The number of nitrogens with two attached hydrogens (primary N) is 1. The largest absolute Gasteiger partial charge is 0.465 e. The first-order chi connectivity index (χ1) is 9.54. The Morgan fingerprint density at radius 2 is 2.20 bits per heavy atom. The van der Waals surface area contributed by atoms with Crippen molar-refractivity contribution >= 4 is 23.0 Å². The summed E-state index contributed by atoms with van der Waals surface area (Å²) in [5.41, 5.74) is 5.84. The van der Waals surface area contributed by atoms with E-state index >= 15 is 0 Å². The van der Waals surface area contributed by atoms with E-state index in [1.807, 2.05) is 11.0 Å². The van der Waals surface area contributed by atoms with Gasteiger partial charge in [-0.05, 0) is 18.6 Å². The second-order valence-corrected chi connectivity index (χ2v) is 4.39. The Morgan fingerprint density at radius 1 is 1.45 bits per heavy atom. The first-order valence-electron chi connectivity index (χ1n) is 6.10. The van der Waals surface area contributed by atoms with Crippen molar-refractivity contribution in [3.63, 3.8) is 0 Å². The maximum atomic E-state index is 11.7. The highest BCUT2D eigenvalue weighted by molar-refractivity contribution is 5.98. The Hall–Kier alpha value is -2.57. The fourth-order valence-corrected chi connectivity index (χ4v) is 2.17. The number of hydrogen-bond acceptors (Lipinski definition) is 6. The number of nitro groups is 1. The van der Waals surface area contributed by atoms with Gasteiger partial charge in [-0.3, -0.25) is 10.1 Å². The van der Waals surface area contributed by atoms with Crippen LogP contribution in [0, 0.1) is 10.1 Å². The first-order valence-corrected chi connectivity index (χ1v) is 6.10. The molecule has 0 bridgehead atoms. The Labute approximate surface area is 115 Å². The molecule has 0 fully saturated rings. The van der Waals surface area contributed by atoms with E-state index in [-0.39, 0.29) is 11.3 Å². The van der Waals surface area contributed by atoms with Crippen molar-refractivity contribution in [3.05, 3.63) is 40.0 Å². The highest BCUT2D eigenvalue weighted by atomic mass is 16.6. The summed E-state index contributed by atoms with van der Waals surface area (Å²) in [6.07, 6.45) is 4.94. The van der Waals surface area contributed by atoms with E-state index in [0.717, 1.165) is 13.0 Å². The van der Waals surface area contributed by atoms with Crippen LogP contribution >= 0.6 is 0 Å². The van der Waals surface area contributed by atoms with Gasteiger partial charge >= 0.3 is 11.7 Å². The molecule has 0 spiro atoms. The zero-order valence-electron chi connectivity index (χ0n) is 11.0. The molecule has 7 heteroatoms. The number of benzene rings is 1. The molecule has 1 aliphatic rings. The lowest BCUT2D eigenvalue weighted by atomic mass is 10.1. The van der Waals surface area contributed by atoms with Gasteiger partial charge in [0.1, 0.15) is 11.3 Å². The van der Waals surface area contributed by atoms with E-state index < -0.39 is 16.6 Å². The molecule has 0 atom stereocenters. The average molecular weight is 277 g/mol. The molecule has 1 heterocycles. The van der Waals surface area contributed by atoms with Gasteiger partial charge in [0, 0.05) is 18.8 Å². The molecule has 106 valence electrons. The van der Waals surface area contributed by atoms with Gasteiger partial charge in [-0.1, -0.05) is 12.2 Å². The highest BCUT2D eigenvalue weighted by Crippen LogP contribution is 2.32. The van der Waals surface area contributed by atoms with E-state index in [2.05, 4.69) is 10.8 Å². The lowest BCUT2D eigenvalue weighted by Gasteiger charge is -2.26. The van der Waals surface area contributed by atoms with Crippen LogP contribution in [0.15, 0.2) is 24.3 Å². The number of hydrogen-bond donors (Lipinski definition) is 1. The van der Waals surface area contributed by atoms with Crippen molar-refractivity contribution in [2.24, 2.45) is 0 Å². The standard InChI is InChI=1S/C13H15N3O4/c1-20-13(17)10-7-9(15-5-3-2-4-6-15)8-11(14)12(10)16(18)19/h2-3,7-8H,4-6,14H2,1H3. The molecule has 0 radical (unpaired) electrons. The summed E-state index contributed by atoms with van der Waals surface area (Å²) in [6.45, 7) is 1.45. The molecule has 0 saturated carbocycles. The first kappa shape index (κ1) is 13.9. The molecular formula is C13H15N3O4. The Bertz CT molecular complexity index is 583. The lowest BCUT2D eigenvalue weighted by molar-refractivity contribution is -0.384. The maximum absolute atomic E-state index is 11.7. The Morgan fingerprint density at radius 3 is 2.75 bits per heavy atom. The van der Waals surface area contributed by atoms with Crippen LogP contribution in [0.25, 0.3) is 0 Å². The number of carbonyl (C=O) groups excluding carboxylic acids is 1. The molecule has 0 saturated heterocycles. The van der Waals surface area contributed by atoms with Gasteiger partial charge in [-0.2, -0.15) is 0 Å². The summed E-state index contributed by atoms with van der Waals surface area (Å²) in [6, 6.07) is 2.98. The number of nitrogen functional groups attached to an aromatic ring is 1. The van der Waals surface area contributed by atoms with E-state index in [1.54, 1.807) is 0 Å². The monoisotopic (exact) mass is 277 g/mol. The van der Waals surface area contributed by atoms with Gasteiger partial charge in [-0.15, -0.1) is 0 Å². The van der Waals surface area contributed by atoms with Crippen LogP contribution in [0.5, 0.6) is 0 Å². The van der Waals surface area contributed by atoms with Gasteiger partial charge in [-0.25, -0.2) is 4.79 Å². The lowest BCUT2D eigenvalue weighted by Crippen LogP contribution is -2.27. The van der Waals surface area contributed by atoms with E-state index in [4.69, 9.17) is 5.73 Å². The average Bonchev–Trinajstić information content (AvgIpc) is 2.46. The molecule has 20 heavy (non-hydrogen) atoms. The van der Waals surface area contributed by atoms with E-state index in [0.29, 0.717) is 12.2 Å². The molecule has 1 aliphatic heterocycles. The van der Waals surface area contributed by atoms with Crippen LogP contribution in [-0.4, -0.2) is 31.1 Å². The minimum absolute atomic E-state index is 0.0394. The number of ether oxygens (including phenoxy) is 1. The maximum Gasteiger partial charge on any atom is 0.345 e. The van der Waals surface area contributed by atoms with Gasteiger partial charge in [0.2, 0.25) is 0 Å². The van der Waals surface area contributed by atoms with Gasteiger partial charge in [0.05, 0.1) is 12.0 Å². The molecule has 2 N–H and O–H groups in total. The third-order valence-electron chi connectivity index (χ3n) is 3.14. The van der Waals surface area contributed by atoms with Crippen LogP contribution in [-0.2, 0) is 4.74 Å². The number of methoxy groups -OCH3 is 1. The smallest absolute Gasteiger partial charge is 0.345 e. The number of nitro benzene ring substituents is 1. The number of esters is 1. The minimum Gasteiger partial charge on any atom is -0.465 e. The minimum atomic E-state index is -0.766. The zero-order valence-corrected chi connectivity index (χ0v) is 11.0. The Kier molecular flexibility index (Phi) is 3.88. The summed E-state index contributed by atoms with van der Waals surface area (Å²) in [4.78, 5) is 24.1. The molecule has 2 rings (SSSR count). The van der Waals surface area contributed by atoms with Crippen LogP contribution in [0.2, 0.25) is 0 Å².